The van der Waals surface area contributed by atoms with Crippen molar-refractivity contribution in [1.29, 1.82) is 10.5 Å². The van der Waals surface area contributed by atoms with Crippen molar-refractivity contribution in [2.24, 2.45) is 0 Å². The Morgan fingerprint density at radius 3 is 2.36 bits per heavy atom. The third-order valence-corrected chi connectivity index (χ3v) is 4.84. The van der Waals surface area contributed by atoms with Crippen molar-refractivity contribution in [3.05, 3.63) is 64.1 Å². The standard InChI is InChI=1S/C19H10BrN5/c20-14-6-2-1-5-11(14)17-12(9-21)18(23)25-16-8-4-3-7-15(16)24-19(25)13(17)10-22/h1-8H,23H2. The largest absolute Gasteiger partial charge is 0.384 e. The Morgan fingerprint density at radius 1 is 0.960 bits per heavy atom. The lowest BCUT2D eigenvalue weighted by Gasteiger charge is -2.13. The summed E-state index contributed by atoms with van der Waals surface area (Å²) in [4.78, 5) is 4.57. The van der Waals surface area contributed by atoms with Gasteiger partial charge in [-0.05, 0) is 23.8 Å². The number of nitrogens with two attached hydrogens (primary N) is 1. The molecular formula is C19H10BrN5. The van der Waals surface area contributed by atoms with Crippen molar-refractivity contribution in [3.8, 4) is 23.3 Å². The average Bonchev–Trinajstić information content (AvgIpc) is 3.01. The molecule has 0 unspecified atom stereocenters. The molecule has 0 aliphatic carbocycles. The maximum absolute atomic E-state index is 9.84. The van der Waals surface area contributed by atoms with E-state index in [1.165, 1.54) is 0 Å². The summed E-state index contributed by atoms with van der Waals surface area (Å²) in [5, 5.41) is 19.6. The Bertz CT molecular complexity index is 1240. The maximum atomic E-state index is 9.84. The fraction of sp³-hybridized carbons (Fsp3) is 0. The number of hydrogen-bond acceptors (Lipinski definition) is 4. The smallest absolute Gasteiger partial charge is 0.158 e. The number of nitriles is 2. The van der Waals surface area contributed by atoms with E-state index in [1.807, 2.05) is 48.5 Å². The first-order valence-electron chi connectivity index (χ1n) is 7.45. The molecule has 25 heavy (non-hydrogen) atoms. The van der Waals surface area contributed by atoms with E-state index >= 15 is 0 Å². The van der Waals surface area contributed by atoms with Gasteiger partial charge in [-0.3, -0.25) is 4.40 Å². The molecule has 5 nitrogen and oxygen atoms in total. The predicted octanol–water partition coefficient (Wildman–Crippen LogP) is 4.24. The van der Waals surface area contributed by atoms with E-state index in [0.29, 0.717) is 16.8 Å². The maximum Gasteiger partial charge on any atom is 0.158 e. The molecular weight excluding hydrogens is 378 g/mol. The van der Waals surface area contributed by atoms with Crippen LogP contribution in [0.2, 0.25) is 0 Å². The SMILES string of the molecule is N#Cc1c(-c2ccccc2Br)c(C#N)c2nc3ccccc3n2c1N. The number of imidazole rings is 1. The van der Waals surface area contributed by atoms with E-state index < -0.39 is 0 Å². The first-order valence-corrected chi connectivity index (χ1v) is 8.24. The molecule has 0 fully saturated rings. The molecule has 2 aromatic heterocycles. The van der Waals surface area contributed by atoms with Crippen LogP contribution in [-0.2, 0) is 0 Å². The van der Waals surface area contributed by atoms with Crippen LogP contribution in [0.1, 0.15) is 11.1 Å². The molecule has 0 spiro atoms. The van der Waals surface area contributed by atoms with Gasteiger partial charge in [-0.15, -0.1) is 0 Å². The van der Waals surface area contributed by atoms with E-state index in [9.17, 15) is 10.5 Å². The highest BCUT2D eigenvalue weighted by Gasteiger charge is 2.23. The number of rotatable bonds is 1. The second-order valence-corrected chi connectivity index (χ2v) is 6.33. The summed E-state index contributed by atoms with van der Waals surface area (Å²) in [7, 11) is 0. The van der Waals surface area contributed by atoms with Crippen molar-refractivity contribution >= 4 is 38.4 Å². The summed E-state index contributed by atoms with van der Waals surface area (Å²) in [5.74, 6) is 0.274. The van der Waals surface area contributed by atoms with E-state index in [0.717, 1.165) is 21.1 Å². The molecule has 0 atom stereocenters. The third kappa shape index (κ3) is 2.09. The molecule has 0 saturated heterocycles. The van der Waals surface area contributed by atoms with Crippen molar-refractivity contribution in [2.75, 3.05) is 5.73 Å². The van der Waals surface area contributed by atoms with Crippen LogP contribution in [-0.4, -0.2) is 9.38 Å². The van der Waals surface area contributed by atoms with Crippen LogP contribution in [0.3, 0.4) is 0 Å². The number of nitrogen functional groups attached to an aromatic ring is 1. The lowest BCUT2D eigenvalue weighted by Crippen LogP contribution is -2.06. The molecule has 4 rings (SSSR count). The zero-order valence-corrected chi connectivity index (χ0v) is 14.4. The Balaban J connectivity index is 2.29. The van der Waals surface area contributed by atoms with Gasteiger partial charge in [-0.25, -0.2) is 4.98 Å². The minimum Gasteiger partial charge on any atom is -0.384 e. The fourth-order valence-corrected chi connectivity index (χ4v) is 3.55. The van der Waals surface area contributed by atoms with Gasteiger partial charge in [0.15, 0.2) is 5.65 Å². The number of benzene rings is 2. The predicted molar refractivity (Wildman–Crippen MR) is 99.7 cm³/mol. The second kappa shape index (κ2) is 5.62. The summed E-state index contributed by atoms with van der Waals surface area (Å²) in [6, 6.07) is 19.3. The first-order chi connectivity index (χ1) is 12.2. The van der Waals surface area contributed by atoms with E-state index in [4.69, 9.17) is 5.73 Å². The van der Waals surface area contributed by atoms with Gasteiger partial charge in [0.25, 0.3) is 0 Å². The Morgan fingerprint density at radius 2 is 1.64 bits per heavy atom. The number of halogens is 1. The van der Waals surface area contributed by atoms with Crippen LogP contribution in [0.25, 0.3) is 27.8 Å². The highest BCUT2D eigenvalue weighted by atomic mass is 79.9. The minimum absolute atomic E-state index is 0.263. The molecule has 0 radical (unpaired) electrons. The number of fused-ring (bicyclic) bond motifs is 3. The minimum atomic E-state index is 0.263. The molecule has 0 aliphatic rings. The fourth-order valence-electron chi connectivity index (χ4n) is 3.07. The lowest BCUT2D eigenvalue weighted by atomic mass is 9.96. The second-order valence-electron chi connectivity index (χ2n) is 5.47. The molecule has 0 aliphatic heterocycles. The number of para-hydroxylation sites is 2. The summed E-state index contributed by atoms with van der Waals surface area (Å²) in [6.07, 6.45) is 0. The summed E-state index contributed by atoms with van der Waals surface area (Å²) < 4.78 is 2.45. The number of pyridine rings is 1. The van der Waals surface area contributed by atoms with Crippen molar-refractivity contribution in [2.45, 2.75) is 0 Å². The van der Waals surface area contributed by atoms with Crippen LogP contribution in [0.5, 0.6) is 0 Å². The van der Waals surface area contributed by atoms with Gasteiger partial charge < -0.3 is 5.73 Å². The molecule has 4 aromatic rings. The quantitative estimate of drug-likeness (QED) is 0.528. The third-order valence-electron chi connectivity index (χ3n) is 4.15. The van der Waals surface area contributed by atoms with Gasteiger partial charge in [0, 0.05) is 10.0 Å². The highest BCUT2D eigenvalue weighted by Crippen LogP contribution is 2.38. The van der Waals surface area contributed by atoms with Crippen LogP contribution in [0.4, 0.5) is 5.82 Å². The Labute approximate surface area is 151 Å². The number of hydrogen-bond donors (Lipinski definition) is 1. The van der Waals surface area contributed by atoms with Crippen LogP contribution < -0.4 is 5.73 Å². The van der Waals surface area contributed by atoms with Crippen molar-refractivity contribution in [1.82, 2.24) is 9.38 Å². The van der Waals surface area contributed by atoms with Crippen LogP contribution in [0, 0.1) is 22.7 Å². The molecule has 2 heterocycles. The molecule has 0 bridgehead atoms. The Kier molecular flexibility index (Phi) is 3.42. The van der Waals surface area contributed by atoms with Crippen molar-refractivity contribution in [3.63, 3.8) is 0 Å². The lowest BCUT2D eigenvalue weighted by molar-refractivity contribution is 1.21. The molecule has 2 aromatic carbocycles. The van der Waals surface area contributed by atoms with Gasteiger partial charge in [-0.2, -0.15) is 10.5 Å². The molecule has 6 heteroatoms. The highest BCUT2D eigenvalue weighted by molar-refractivity contribution is 9.10. The zero-order valence-electron chi connectivity index (χ0n) is 12.9. The first kappa shape index (κ1) is 15.2. The van der Waals surface area contributed by atoms with E-state index in [-0.39, 0.29) is 11.4 Å². The summed E-state index contributed by atoms with van der Waals surface area (Å²) >= 11 is 3.50. The van der Waals surface area contributed by atoms with Crippen LogP contribution in [0.15, 0.2) is 53.0 Å². The number of nitrogens with zero attached hydrogens (tertiary/aromatic N) is 4. The number of aromatic nitrogens is 2. The van der Waals surface area contributed by atoms with E-state index in [1.54, 1.807) is 4.40 Å². The summed E-state index contributed by atoms with van der Waals surface area (Å²) in [6.45, 7) is 0. The number of anilines is 1. The topological polar surface area (TPSA) is 90.9 Å². The average molecular weight is 388 g/mol. The van der Waals surface area contributed by atoms with Gasteiger partial charge in [-0.1, -0.05) is 46.3 Å². The molecule has 118 valence electrons. The van der Waals surface area contributed by atoms with Gasteiger partial charge >= 0.3 is 0 Å². The Hall–Kier alpha value is -3.35. The van der Waals surface area contributed by atoms with E-state index in [2.05, 4.69) is 33.1 Å². The normalized spacial score (nSPS) is 10.7. The monoisotopic (exact) mass is 387 g/mol. The van der Waals surface area contributed by atoms with Crippen LogP contribution >= 0.6 is 15.9 Å². The molecule has 0 saturated carbocycles. The van der Waals surface area contributed by atoms with Crippen molar-refractivity contribution < 1.29 is 0 Å². The van der Waals surface area contributed by atoms with Gasteiger partial charge in [0.05, 0.1) is 11.0 Å². The molecule has 2 N–H and O–H groups in total. The summed E-state index contributed by atoms with van der Waals surface area (Å²) in [5.41, 5.74) is 10.1. The van der Waals surface area contributed by atoms with Gasteiger partial charge in [0.1, 0.15) is 29.1 Å². The van der Waals surface area contributed by atoms with Gasteiger partial charge in [0.2, 0.25) is 0 Å². The molecule has 0 amide bonds. The zero-order chi connectivity index (χ0) is 17.6.